The number of halogens is 1. The largest absolute Gasteiger partial charge is 0.480 e. The van der Waals surface area contributed by atoms with E-state index in [1.165, 1.54) is 6.07 Å². The van der Waals surface area contributed by atoms with E-state index in [9.17, 15) is 14.3 Å². The highest BCUT2D eigenvalue weighted by molar-refractivity contribution is 5.95. The lowest BCUT2D eigenvalue weighted by Crippen LogP contribution is -2.55. The monoisotopic (exact) mass is 522 g/mol. The molecule has 2 saturated heterocycles. The van der Waals surface area contributed by atoms with Gasteiger partial charge in [-0.05, 0) is 62.9 Å². The van der Waals surface area contributed by atoms with Gasteiger partial charge in [0.1, 0.15) is 11.6 Å². The molecule has 5 rings (SSSR count). The summed E-state index contributed by atoms with van der Waals surface area (Å²) in [4.78, 5) is 24.6. The van der Waals surface area contributed by atoms with Crippen LogP contribution in [0.2, 0.25) is 0 Å². The van der Waals surface area contributed by atoms with E-state index in [0.29, 0.717) is 36.9 Å². The van der Waals surface area contributed by atoms with Gasteiger partial charge in [0.15, 0.2) is 0 Å². The zero-order chi connectivity index (χ0) is 27.1. The van der Waals surface area contributed by atoms with Crippen molar-refractivity contribution in [1.29, 1.82) is 0 Å². The van der Waals surface area contributed by atoms with Crippen molar-refractivity contribution >= 4 is 11.8 Å². The number of ether oxygens (including phenoxy) is 1. The first-order chi connectivity index (χ1) is 18.1. The summed E-state index contributed by atoms with van der Waals surface area (Å²) in [6.45, 7) is 8.22. The molecule has 202 valence electrons. The number of carbonyl (C=O) groups excluding carboxylic acids is 1. The van der Waals surface area contributed by atoms with Gasteiger partial charge in [-0.3, -0.25) is 10.00 Å². The minimum absolute atomic E-state index is 0.157. The van der Waals surface area contributed by atoms with Gasteiger partial charge in [0.25, 0.3) is 0 Å². The van der Waals surface area contributed by atoms with Gasteiger partial charge >= 0.3 is 6.03 Å². The summed E-state index contributed by atoms with van der Waals surface area (Å²) >= 11 is 0. The number of aromatic nitrogens is 3. The fourth-order valence-corrected chi connectivity index (χ4v) is 5.66. The van der Waals surface area contributed by atoms with Crippen LogP contribution in [0.25, 0.3) is 11.1 Å². The van der Waals surface area contributed by atoms with Crippen LogP contribution in [-0.2, 0) is 6.54 Å². The SMILES string of the molecule is COc1nc(N2CC3(CCN(CC(C)(C)O)CC3)N(Cc3cccc(F)c3C)C2=O)ccc1-c1cn[nH]c1. The molecule has 4 heterocycles. The van der Waals surface area contributed by atoms with Gasteiger partial charge in [-0.15, -0.1) is 0 Å². The first kappa shape index (κ1) is 26.1. The standard InChI is InChI=1S/C28H35FN6O3/c1-19-20(6-5-7-23(19)29)16-35-26(36)34(18-28(35)10-12-33(13-11-28)17-27(2,3)37)24-9-8-22(25(32-24)38-4)21-14-30-31-15-21/h5-9,14-15,37H,10-13,16-18H2,1-4H3,(H,30,31). The first-order valence-electron chi connectivity index (χ1n) is 12.9. The lowest BCUT2D eigenvalue weighted by atomic mass is 9.85. The number of amides is 2. The third-order valence-electron chi connectivity index (χ3n) is 7.72. The second kappa shape index (κ2) is 9.99. The summed E-state index contributed by atoms with van der Waals surface area (Å²) in [5.74, 6) is 0.641. The molecule has 2 N–H and O–H groups in total. The number of nitrogens with zero attached hydrogens (tertiary/aromatic N) is 5. The highest BCUT2D eigenvalue weighted by Crippen LogP contribution is 2.40. The number of nitrogens with one attached hydrogen (secondary N) is 1. The second-order valence-electron chi connectivity index (χ2n) is 11.0. The Morgan fingerprint density at radius 2 is 1.97 bits per heavy atom. The van der Waals surface area contributed by atoms with Gasteiger partial charge in [-0.25, -0.2) is 9.18 Å². The van der Waals surface area contributed by atoms with Crippen LogP contribution >= 0.6 is 0 Å². The first-order valence-corrected chi connectivity index (χ1v) is 12.9. The molecule has 1 aromatic carbocycles. The van der Waals surface area contributed by atoms with Crippen LogP contribution in [0.1, 0.15) is 37.8 Å². The number of urea groups is 1. The maximum Gasteiger partial charge on any atom is 0.326 e. The van der Waals surface area contributed by atoms with Crippen molar-refractivity contribution in [2.45, 2.75) is 51.3 Å². The fraction of sp³-hybridized carbons (Fsp3) is 0.464. The molecule has 0 unspecified atom stereocenters. The number of rotatable bonds is 7. The molecule has 0 atom stereocenters. The molecule has 38 heavy (non-hydrogen) atoms. The van der Waals surface area contributed by atoms with E-state index in [2.05, 4.69) is 15.1 Å². The Morgan fingerprint density at radius 3 is 2.63 bits per heavy atom. The van der Waals surface area contributed by atoms with Gasteiger partial charge < -0.3 is 19.6 Å². The number of benzene rings is 1. The lowest BCUT2D eigenvalue weighted by Gasteiger charge is -2.45. The molecule has 9 nitrogen and oxygen atoms in total. The van der Waals surface area contributed by atoms with Crippen molar-refractivity contribution < 1.29 is 19.0 Å². The normalized spacial score (nSPS) is 18.0. The number of hydrogen-bond acceptors (Lipinski definition) is 6. The van der Waals surface area contributed by atoms with Gasteiger partial charge in [-0.1, -0.05) is 12.1 Å². The highest BCUT2D eigenvalue weighted by atomic mass is 19.1. The maximum absolute atomic E-state index is 14.4. The number of aromatic amines is 1. The molecular formula is C28H35FN6O3. The van der Waals surface area contributed by atoms with E-state index in [1.54, 1.807) is 37.4 Å². The van der Waals surface area contributed by atoms with Crippen LogP contribution in [0.15, 0.2) is 42.7 Å². The molecule has 2 amide bonds. The maximum atomic E-state index is 14.4. The van der Waals surface area contributed by atoms with E-state index in [4.69, 9.17) is 9.72 Å². The molecule has 1 spiro atoms. The van der Waals surface area contributed by atoms with Gasteiger partial charge in [0.2, 0.25) is 5.88 Å². The number of β-amino-alcohol motifs (C(OH)–C–C–N with tert-alkyl or cyclic N) is 1. The van der Waals surface area contributed by atoms with Gasteiger partial charge in [-0.2, -0.15) is 10.1 Å². The Hall–Kier alpha value is -3.50. The summed E-state index contributed by atoms with van der Waals surface area (Å²) in [7, 11) is 1.56. The van der Waals surface area contributed by atoms with Crippen LogP contribution in [-0.4, -0.2) is 80.5 Å². The van der Waals surface area contributed by atoms with Crippen molar-refractivity contribution in [3.63, 3.8) is 0 Å². The molecule has 0 radical (unpaired) electrons. The Bertz CT molecular complexity index is 1300. The summed E-state index contributed by atoms with van der Waals surface area (Å²) in [6, 6.07) is 8.57. The van der Waals surface area contributed by atoms with Crippen molar-refractivity contribution in [3.05, 3.63) is 59.7 Å². The van der Waals surface area contributed by atoms with Crippen molar-refractivity contribution in [3.8, 4) is 17.0 Å². The Kier molecular flexibility index (Phi) is 6.87. The number of likely N-dealkylation sites (tertiary alicyclic amines) is 1. The zero-order valence-corrected chi connectivity index (χ0v) is 22.4. The summed E-state index contributed by atoms with van der Waals surface area (Å²) < 4.78 is 20.0. The average Bonchev–Trinajstić information content (AvgIpc) is 3.50. The zero-order valence-electron chi connectivity index (χ0n) is 22.4. The highest BCUT2D eigenvalue weighted by Gasteiger charge is 2.52. The lowest BCUT2D eigenvalue weighted by molar-refractivity contribution is 0.00614. The fourth-order valence-electron chi connectivity index (χ4n) is 5.66. The molecule has 2 aromatic heterocycles. The number of methoxy groups -OCH3 is 1. The molecule has 2 aliphatic heterocycles. The van der Waals surface area contributed by atoms with Crippen molar-refractivity contribution in [2.24, 2.45) is 0 Å². The topological polar surface area (TPSA) is 97.8 Å². The number of pyridine rings is 1. The van der Waals surface area contributed by atoms with Crippen LogP contribution in [0.3, 0.4) is 0 Å². The number of carbonyl (C=O) groups is 1. The number of piperidine rings is 1. The van der Waals surface area contributed by atoms with Crippen molar-refractivity contribution in [2.75, 3.05) is 38.2 Å². The van der Waals surface area contributed by atoms with Crippen LogP contribution in [0.5, 0.6) is 5.88 Å². The predicted octanol–water partition coefficient (Wildman–Crippen LogP) is 3.98. The minimum atomic E-state index is -0.794. The molecule has 3 aromatic rings. The van der Waals surface area contributed by atoms with E-state index in [0.717, 1.165) is 42.6 Å². The number of hydrogen-bond donors (Lipinski definition) is 2. The molecule has 2 fully saturated rings. The molecule has 10 heteroatoms. The number of aliphatic hydroxyl groups is 1. The Labute approximate surface area is 222 Å². The van der Waals surface area contributed by atoms with Gasteiger partial charge in [0.05, 0.1) is 31.0 Å². The summed E-state index contributed by atoms with van der Waals surface area (Å²) in [6.07, 6.45) is 4.94. The minimum Gasteiger partial charge on any atom is -0.480 e. The second-order valence-corrected chi connectivity index (χ2v) is 11.0. The average molecular weight is 523 g/mol. The third-order valence-corrected chi connectivity index (χ3v) is 7.72. The smallest absolute Gasteiger partial charge is 0.326 e. The van der Waals surface area contributed by atoms with E-state index in [1.807, 2.05) is 36.9 Å². The number of anilines is 1. The molecule has 0 bridgehead atoms. The molecular weight excluding hydrogens is 487 g/mol. The molecule has 0 saturated carbocycles. The van der Waals surface area contributed by atoms with E-state index >= 15 is 0 Å². The molecule has 2 aliphatic rings. The summed E-state index contributed by atoms with van der Waals surface area (Å²) in [5.41, 5.74) is 1.73. The van der Waals surface area contributed by atoms with Crippen molar-refractivity contribution in [1.82, 2.24) is 25.0 Å². The quantitative estimate of drug-likeness (QED) is 0.487. The third kappa shape index (κ3) is 4.98. The Balaban J connectivity index is 1.47. The molecule has 0 aliphatic carbocycles. The Morgan fingerprint density at radius 1 is 1.21 bits per heavy atom. The van der Waals surface area contributed by atoms with Gasteiger partial charge in [0, 0.05) is 43.5 Å². The van der Waals surface area contributed by atoms with Crippen LogP contribution in [0.4, 0.5) is 15.0 Å². The summed E-state index contributed by atoms with van der Waals surface area (Å²) in [5, 5.41) is 17.1. The number of H-pyrrole nitrogens is 1. The van der Waals surface area contributed by atoms with Crippen LogP contribution < -0.4 is 9.64 Å². The van der Waals surface area contributed by atoms with E-state index in [-0.39, 0.29) is 11.8 Å². The predicted molar refractivity (Wildman–Crippen MR) is 142 cm³/mol. The van der Waals surface area contributed by atoms with Crippen LogP contribution in [0, 0.1) is 12.7 Å². The van der Waals surface area contributed by atoms with E-state index < -0.39 is 11.1 Å².